The van der Waals surface area contributed by atoms with Gasteiger partial charge in [0, 0.05) is 24.1 Å². The van der Waals surface area contributed by atoms with Crippen LogP contribution in [0.25, 0.3) is 0 Å². The molecule has 1 aliphatic heterocycles. The smallest absolute Gasteiger partial charge is 0.333 e. The van der Waals surface area contributed by atoms with Crippen LogP contribution < -0.4 is 0 Å². The van der Waals surface area contributed by atoms with Crippen LogP contribution in [-0.2, 0) is 6.18 Å². The molecule has 1 amide bonds. The van der Waals surface area contributed by atoms with Gasteiger partial charge >= 0.3 is 6.18 Å². The van der Waals surface area contributed by atoms with Gasteiger partial charge in [-0.15, -0.1) is 0 Å². The van der Waals surface area contributed by atoms with Crippen molar-refractivity contribution in [2.75, 3.05) is 11.9 Å². The number of piperidine rings is 1. The minimum atomic E-state index is -4.43. The maximum Gasteiger partial charge on any atom is 0.417 e. The van der Waals surface area contributed by atoms with E-state index in [4.69, 9.17) is 0 Å². The lowest BCUT2D eigenvalue weighted by atomic mass is 10.0. The SMILES string of the molecule is O=C(c1ccc(C(F)(F)F)cn1)N1CCCCC1CBr. The van der Waals surface area contributed by atoms with Crippen molar-refractivity contribution < 1.29 is 18.0 Å². The molecule has 2 heterocycles. The second kappa shape index (κ2) is 6.11. The summed E-state index contributed by atoms with van der Waals surface area (Å²) in [5.74, 6) is -0.303. The standard InChI is InChI=1S/C13H14BrF3N2O/c14-7-10-3-1-2-6-19(10)12(20)11-5-4-9(8-18-11)13(15,16)17/h4-5,8,10H,1-3,6-7H2. The Morgan fingerprint density at radius 3 is 2.70 bits per heavy atom. The van der Waals surface area contributed by atoms with Crippen molar-refractivity contribution >= 4 is 21.8 Å². The Morgan fingerprint density at radius 2 is 2.15 bits per heavy atom. The largest absolute Gasteiger partial charge is 0.417 e. The van der Waals surface area contributed by atoms with Crippen molar-refractivity contribution in [2.45, 2.75) is 31.5 Å². The first-order chi connectivity index (χ1) is 9.43. The predicted molar refractivity (Wildman–Crippen MR) is 71.7 cm³/mol. The number of carbonyl (C=O) groups excluding carboxylic acids is 1. The first kappa shape index (κ1) is 15.3. The Balaban J connectivity index is 2.16. The molecule has 3 nitrogen and oxygen atoms in total. The lowest BCUT2D eigenvalue weighted by molar-refractivity contribution is -0.137. The fourth-order valence-electron chi connectivity index (χ4n) is 2.26. The summed E-state index contributed by atoms with van der Waals surface area (Å²) in [6, 6.07) is 2.12. The van der Waals surface area contributed by atoms with E-state index in [1.54, 1.807) is 4.90 Å². The van der Waals surface area contributed by atoms with Gasteiger partial charge in [-0.25, -0.2) is 0 Å². The van der Waals surface area contributed by atoms with Gasteiger partial charge in [-0.1, -0.05) is 15.9 Å². The second-order valence-corrected chi connectivity index (χ2v) is 5.38. The van der Waals surface area contributed by atoms with E-state index in [1.807, 2.05) is 0 Å². The van der Waals surface area contributed by atoms with Gasteiger partial charge in [0.15, 0.2) is 0 Å². The van der Waals surface area contributed by atoms with Gasteiger partial charge in [0.25, 0.3) is 5.91 Å². The monoisotopic (exact) mass is 350 g/mol. The van der Waals surface area contributed by atoms with E-state index in [2.05, 4.69) is 20.9 Å². The van der Waals surface area contributed by atoms with Crippen LogP contribution in [0.15, 0.2) is 18.3 Å². The highest BCUT2D eigenvalue weighted by molar-refractivity contribution is 9.09. The Hall–Kier alpha value is -1.11. The van der Waals surface area contributed by atoms with Crippen LogP contribution in [0.2, 0.25) is 0 Å². The van der Waals surface area contributed by atoms with E-state index in [0.29, 0.717) is 18.1 Å². The topological polar surface area (TPSA) is 33.2 Å². The Labute approximate surface area is 123 Å². The fourth-order valence-corrected chi connectivity index (χ4v) is 2.94. The number of nitrogens with zero attached hydrogens (tertiary/aromatic N) is 2. The second-order valence-electron chi connectivity index (χ2n) is 4.73. The average Bonchev–Trinajstić information content (AvgIpc) is 2.45. The van der Waals surface area contributed by atoms with Gasteiger partial charge in [-0.2, -0.15) is 13.2 Å². The lowest BCUT2D eigenvalue weighted by Gasteiger charge is -2.34. The van der Waals surface area contributed by atoms with E-state index in [-0.39, 0.29) is 17.6 Å². The van der Waals surface area contributed by atoms with Gasteiger partial charge < -0.3 is 4.90 Å². The molecule has 0 saturated carbocycles. The summed E-state index contributed by atoms with van der Waals surface area (Å²) in [6.07, 6.45) is -0.855. The molecule has 1 atom stereocenters. The van der Waals surface area contributed by atoms with Crippen molar-refractivity contribution in [1.29, 1.82) is 0 Å². The number of pyridine rings is 1. The average molecular weight is 351 g/mol. The highest BCUT2D eigenvalue weighted by atomic mass is 79.9. The Kier molecular flexibility index (Phi) is 4.67. The van der Waals surface area contributed by atoms with Crippen molar-refractivity contribution in [3.63, 3.8) is 0 Å². The molecule has 1 fully saturated rings. The molecule has 1 unspecified atom stereocenters. The van der Waals surface area contributed by atoms with Crippen LogP contribution in [-0.4, -0.2) is 33.7 Å². The molecule has 0 radical (unpaired) electrons. The number of amides is 1. The summed E-state index contributed by atoms with van der Waals surface area (Å²) in [5, 5.41) is 0.666. The van der Waals surface area contributed by atoms with Crippen molar-refractivity contribution in [1.82, 2.24) is 9.88 Å². The molecule has 1 aliphatic rings. The maximum absolute atomic E-state index is 12.5. The molecule has 0 N–H and O–H groups in total. The molecule has 0 bridgehead atoms. The minimum absolute atomic E-state index is 0.0610. The lowest BCUT2D eigenvalue weighted by Crippen LogP contribution is -2.44. The maximum atomic E-state index is 12.5. The first-order valence-corrected chi connectivity index (χ1v) is 7.46. The van der Waals surface area contributed by atoms with Crippen LogP contribution in [0, 0.1) is 0 Å². The molecule has 1 aromatic heterocycles. The number of hydrogen-bond donors (Lipinski definition) is 0. The zero-order valence-corrected chi connectivity index (χ0v) is 12.2. The fraction of sp³-hybridized carbons (Fsp3) is 0.538. The number of hydrogen-bond acceptors (Lipinski definition) is 2. The van der Waals surface area contributed by atoms with Gasteiger partial charge in [0.2, 0.25) is 0 Å². The van der Waals surface area contributed by atoms with Crippen LogP contribution in [0.5, 0.6) is 0 Å². The van der Waals surface area contributed by atoms with E-state index in [0.717, 1.165) is 31.4 Å². The molecule has 110 valence electrons. The zero-order chi connectivity index (χ0) is 14.8. The summed E-state index contributed by atoms with van der Waals surface area (Å²) in [6.45, 7) is 0.623. The minimum Gasteiger partial charge on any atom is -0.333 e. The van der Waals surface area contributed by atoms with E-state index < -0.39 is 11.7 Å². The molecule has 1 aromatic rings. The third-order valence-corrected chi connectivity index (χ3v) is 4.12. The van der Waals surface area contributed by atoms with Gasteiger partial charge in [-0.05, 0) is 31.4 Å². The summed E-state index contributed by atoms with van der Waals surface area (Å²) >= 11 is 3.37. The van der Waals surface area contributed by atoms with Crippen LogP contribution in [0.4, 0.5) is 13.2 Å². The number of likely N-dealkylation sites (tertiary alicyclic amines) is 1. The highest BCUT2D eigenvalue weighted by Gasteiger charge is 2.32. The molecular formula is C13H14BrF3N2O. The van der Waals surface area contributed by atoms with Gasteiger partial charge in [0.1, 0.15) is 5.69 Å². The van der Waals surface area contributed by atoms with Crippen LogP contribution in [0.3, 0.4) is 0 Å². The number of aromatic nitrogens is 1. The summed E-state index contributed by atoms with van der Waals surface area (Å²) in [4.78, 5) is 17.6. The number of halogens is 4. The molecular weight excluding hydrogens is 337 g/mol. The van der Waals surface area contributed by atoms with Crippen molar-refractivity contribution in [3.05, 3.63) is 29.6 Å². The van der Waals surface area contributed by atoms with E-state index >= 15 is 0 Å². The number of carbonyl (C=O) groups is 1. The Morgan fingerprint density at radius 1 is 1.40 bits per heavy atom. The molecule has 2 rings (SSSR count). The molecule has 1 saturated heterocycles. The van der Waals surface area contributed by atoms with Gasteiger partial charge in [-0.3, -0.25) is 9.78 Å². The molecule has 7 heteroatoms. The first-order valence-electron chi connectivity index (χ1n) is 6.33. The normalized spacial score (nSPS) is 20.0. The molecule has 0 spiro atoms. The number of alkyl halides is 4. The zero-order valence-electron chi connectivity index (χ0n) is 10.7. The molecule has 0 aromatic carbocycles. The Bertz CT molecular complexity index is 475. The van der Waals surface area contributed by atoms with Crippen molar-refractivity contribution in [3.8, 4) is 0 Å². The third-order valence-electron chi connectivity index (χ3n) is 3.38. The van der Waals surface area contributed by atoms with Crippen LogP contribution in [0.1, 0.15) is 35.3 Å². The quantitative estimate of drug-likeness (QED) is 0.765. The summed E-state index contributed by atoms with van der Waals surface area (Å²) < 4.78 is 37.4. The third kappa shape index (κ3) is 3.31. The highest BCUT2D eigenvalue weighted by Crippen LogP contribution is 2.28. The van der Waals surface area contributed by atoms with Crippen LogP contribution >= 0.6 is 15.9 Å². The van der Waals surface area contributed by atoms with E-state index in [1.165, 1.54) is 0 Å². The van der Waals surface area contributed by atoms with Gasteiger partial charge in [0.05, 0.1) is 5.56 Å². The molecule has 0 aliphatic carbocycles. The number of rotatable bonds is 2. The van der Waals surface area contributed by atoms with E-state index in [9.17, 15) is 18.0 Å². The molecule has 20 heavy (non-hydrogen) atoms. The predicted octanol–water partition coefficient (Wildman–Crippen LogP) is 3.49. The summed E-state index contributed by atoms with van der Waals surface area (Å²) in [5.41, 5.74) is -0.782. The van der Waals surface area contributed by atoms with Crippen molar-refractivity contribution in [2.24, 2.45) is 0 Å². The summed E-state index contributed by atoms with van der Waals surface area (Å²) in [7, 11) is 0.